The van der Waals surface area contributed by atoms with Gasteiger partial charge in [-0.05, 0) is 24.1 Å². The molecular formula is C18H16ClNO4. The number of carbonyl (C=O) groups is 3. The minimum absolute atomic E-state index is 0.277. The van der Waals surface area contributed by atoms with Gasteiger partial charge in [0.1, 0.15) is 0 Å². The molecular weight excluding hydrogens is 330 g/mol. The lowest BCUT2D eigenvalue weighted by molar-refractivity contribution is -0.129. The van der Waals surface area contributed by atoms with Crippen LogP contribution in [0, 0.1) is 0 Å². The Morgan fingerprint density at radius 2 is 1.79 bits per heavy atom. The number of halogens is 1. The Balaban J connectivity index is 1.93. The molecule has 0 atom stereocenters. The molecule has 0 saturated carbocycles. The van der Waals surface area contributed by atoms with E-state index in [9.17, 15) is 14.4 Å². The van der Waals surface area contributed by atoms with Gasteiger partial charge >= 0.3 is 5.97 Å². The highest BCUT2D eigenvalue weighted by atomic mass is 35.5. The Labute approximate surface area is 144 Å². The molecule has 24 heavy (non-hydrogen) atoms. The van der Waals surface area contributed by atoms with E-state index in [0.29, 0.717) is 17.0 Å². The maximum Gasteiger partial charge on any atom is 0.363 e. The molecule has 2 rings (SSSR count). The summed E-state index contributed by atoms with van der Waals surface area (Å²) < 4.78 is 0. The summed E-state index contributed by atoms with van der Waals surface area (Å²) in [5.74, 6) is -1.78. The second kappa shape index (κ2) is 8.26. The number of carbonyl (C=O) groups excluding carboxylic acids is 3. The molecule has 0 saturated heterocycles. The number of hydrogen-bond donors (Lipinski definition) is 1. The molecule has 5 nitrogen and oxygen atoms in total. The first-order chi connectivity index (χ1) is 11.5. The first-order valence-corrected chi connectivity index (χ1v) is 7.75. The second-order valence-electron chi connectivity index (χ2n) is 5.04. The fourth-order valence-electron chi connectivity index (χ4n) is 2.11. The van der Waals surface area contributed by atoms with Crippen molar-refractivity contribution in [2.24, 2.45) is 0 Å². The topological polar surface area (TPSA) is 72.5 Å². The normalized spacial score (nSPS) is 10.1. The van der Waals surface area contributed by atoms with Crippen LogP contribution in [-0.4, -0.2) is 17.7 Å². The fourth-order valence-corrected chi connectivity index (χ4v) is 2.29. The fraction of sp³-hybridized carbons (Fsp3) is 0.167. The van der Waals surface area contributed by atoms with Crippen LogP contribution in [0.25, 0.3) is 0 Å². The van der Waals surface area contributed by atoms with Crippen molar-refractivity contribution in [1.82, 2.24) is 5.48 Å². The third-order valence-electron chi connectivity index (χ3n) is 3.35. The van der Waals surface area contributed by atoms with Gasteiger partial charge < -0.3 is 4.84 Å². The van der Waals surface area contributed by atoms with Gasteiger partial charge in [-0.1, -0.05) is 54.9 Å². The van der Waals surface area contributed by atoms with Crippen LogP contribution in [-0.2, 0) is 16.1 Å². The van der Waals surface area contributed by atoms with Gasteiger partial charge in [0.05, 0.1) is 12.0 Å². The number of rotatable bonds is 5. The summed E-state index contributed by atoms with van der Waals surface area (Å²) in [6, 6.07) is 13.3. The summed E-state index contributed by atoms with van der Waals surface area (Å²) in [6.45, 7) is 1.89. The van der Waals surface area contributed by atoms with Crippen molar-refractivity contribution in [2.45, 2.75) is 19.8 Å². The molecule has 1 N–H and O–H groups in total. The summed E-state index contributed by atoms with van der Waals surface area (Å²) in [4.78, 5) is 40.5. The monoisotopic (exact) mass is 345 g/mol. The van der Waals surface area contributed by atoms with Crippen molar-refractivity contribution in [3.8, 4) is 0 Å². The lowest BCUT2D eigenvalue weighted by Crippen LogP contribution is -2.29. The van der Waals surface area contributed by atoms with Crippen LogP contribution in [0.3, 0.4) is 0 Å². The second-order valence-corrected chi connectivity index (χ2v) is 5.47. The SMILES string of the molecule is CCc1ccc(Cl)cc1C(=O)ONC(=O)CC(=O)c1ccccc1. The first kappa shape index (κ1) is 17.7. The molecule has 0 spiro atoms. The predicted octanol–water partition coefficient (Wildman–Crippen LogP) is 3.36. The van der Waals surface area contributed by atoms with E-state index in [4.69, 9.17) is 16.4 Å². The molecule has 0 aromatic heterocycles. The maximum absolute atomic E-state index is 12.1. The van der Waals surface area contributed by atoms with Gasteiger partial charge in [-0.2, -0.15) is 5.48 Å². The Morgan fingerprint density at radius 3 is 2.46 bits per heavy atom. The van der Waals surface area contributed by atoms with Crippen molar-refractivity contribution < 1.29 is 19.2 Å². The summed E-state index contributed by atoms with van der Waals surface area (Å²) in [5.41, 5.74) is 3.45. The van der Waals surface area contributed by atoms with Gasteiger partial charge in [-0.15, -0.1) is 0 Å². The Kier molecular flexibility index (Phi) is 6.09. The Hall–Kier alpha value is -2.66. The number of benzene rings is 2. The number of amides is 1. The molecule has 124 valence electrons. The lowest BCUT2D eigenvalue weighted by atomic mass is 10.1. The van der Waals surface area contributed by atoms with Crippen LogP contribution in [0.15, 0.2) is 48.5 Å². The molecule has 0 aliphatic carbocycles. The molecule has 0 fully saturated rings. The van der Waals surface area contributed by atoms with Gasteiger partial charge in [0.25, 0.3) is 5.91 Å². The van der Waals surface area contributed by atoms with Crippen LogP contribution in [0.2, 0.25) is 5.02 Å². The highest BCUT2D eigenvalue weighted by molar-refractivity contribution is 6.31. The highest BCUT2D eigenvalue weighted by Gasteiger charge is 2.16. The zero-order valence-electron chi connectivity index (χ0n) is 13.0. The van der Waals surface area contributed by atoms with Crippen molar-refractivity contribution in [2.75, 3.05) is 0 Å². The van der Waals surface area contributed by atoms with Gasteiger partial charge in [0.2, 0.25) is 0 Å². The zero-order chi connectivity index (χ0) is 17.5. The molecule has 6 heteroatoms. The minimum atomic E-state index is -0.727. The van der Waals surface area contributed by atoms with Crippen LogP contribution in [0.5, 0.6) is 0 Å². The number of hydrogen-bond acceptors (Lipinski definition) is 4. The first-order valence-electron chi connectivity index (χ1n) is 7.38. The molecule has 2 aromatic rings. The lowest BCUT2D eigenvalue weighted by Gasteiger charge is -2.09. The van der Waals surface area contributed by atoms with E-state index in [0.717, 1.165) is 5.56 Å². The van der Waals surface area contributed by atoms with Crippen LogP contribution < -0.4 is 5.48 Å². The minimum Gasteiger partial charge on any atom is -0.335 e. The van der Waals surface area contributed by atoms with Gasteiger partial charge in [-0.3, -0.25) is 9.59 Å². The summed E-state index contributed by atoms with van der Waals surface area (Å²) >= 11 is 5.88. The molecule has 0 heterocycles. The molecule has 0 radical (unpaired) electrons. The molecule has 0 aliphatic heterocycles. The number of hydroxylamine groups is 1. The van der Waals surface area contributed by atoms with Crippen LogP contribution in [0.4, 0.5) is 0 Å². The third-order valence-corrected chi connectivity index (χ3v) is 3.58. The summed E-state index contributed by atoms with van der Waals surface area (Å²) in [5, 5.41) is 0.393. The molecule has 0 aliphatic rings. The number of aryl methyl sites for hydroxylation is 1. The largest absolute Gasteiger partial charge is 0.363 e. The van der Waals surface area contributed by atoms with Gasteiger partial charge in [0, 0.05) is 10.6 Å². The number of ketones is 1. The van der Waals surface area contributed by atoms with Crippen LogP contribution in [0.1, 0.15) is 39.6 Å². The van der Waals surface area contributed by atoms with E-state index in [2.05, 4.69) is 0 Å². The maximum atomic E-state index is 12.1. The van der Waals surface area contributed by atoms with E-state index in [1.165, 1.54) is 6.07 Å². The molecule has 2 aromatic carbocycles. The molecule has 0 bridgehead atoms. The van der Waals surface area contributed by atoms with Crippen molar-refractivity contribution in [3.63, 3.8) is 0 Å². The van der Waals surface area contributed by atoms with Crippen molar-refractivity contribution >= 4 is 29.3 Å². The van der Waals surface area contributed by atoms with E-state index in [-0.39, 0.29) is 11.3 Å². The summed E-state index contributed by atoms with van der Waals surface area (Å²) in [7, 11) is 0. The van der Waals surface area contributed by atoms with E-state index >= 15 is 0 Å². The standard InChI is InChI=1S/C18H16ClNO4/c1-2-12-8-9-14(19)10-15(12)18(23)24-20-17(22)11-16(21)13-6-4-3-5-7-13/h3-10H,2,11H2,1H3,(H,20,22). The Morgan fingerprint density at radius 1 is 1.08 bits per heavy atom. The number of Topliss-reactive ketones (excluding diaryl/α,β-unsaturated/α-hetero) is 1. The third kappa shape index (κ3) is 4.67. The van der Waals surface area contributed by atoms with Crippen LogP contribution >= 0.6 is 11.6 Å². The van der Waals surface area contributed by atoms with Crippen molar-refractivity contribution in [1.29, 1.82) is 0 Å². The average Bonchev–Trinajstić information content (AvgIpc) is 2.60. The predicted molar refractivity (Wildman–Crippen MR) is 89.8 cm³/mol. The van der Waals surface area contributed by atoms with Crippen molar-refractivity contribution in [3.05, 3.63) is 70.2 Å². The Bertz CT molecular complexity index is 759. The molecule has 0 unspecified atom stereocenters. The molecule has 1 amide bonds. The van der Waals surface area contributed by atoms with Gasteiger partial charge in [0.15, 0.2) is 5.78 Å². The van der Waals surface area contributed by atoms with E-state index < -0.39 is 18.3 Å². The number of nitrogens with one attached hydrogen (secondary N) is 1. The van der Waals surface area contributed by atoms with E-state index in [1.807, 2.05) is 12.4 Å². The van der Waals surface area contributed by atoms with Gasteiger partial charge in [-0.25, -0.2) is 4.79 Å². The summed E-state index contributed by atoms with van der Waals surface area (Å²) in [6.07, 6.45) is 0.204. The average molecular weight is 346 g/mol. The zero-order valence-corrected chi connectivity index (χ0v) is 13.8. The van der Waals surface area contributed by atoms with E-state index in [1.54, 1.807) is 42.5 Å². The quantitative estimate of drug-likeness (QED) is 0.512. The highest BCUT2D eigenvalue weighted by Crippen LogP contribution is 2.17. The smallest absolute Gasteiger partial charge is 0.335 e.